The average molecular weight is 349 g/mol. The van der Waals surface area contributed by atoms with Gasteiger partial charge in [-0.2, -0.15) is 0 Å². The highest BCUT2D eigenvalue weighted by Crippen LogP contribution is 2.24. The number of aryl methyl sites for hydroxylation is 1. The number of carbonyl (C=O) groups excluding carboxylic acids is 1. The smallest absolute Gasteiger partial charge is 0.321 e. The van der Waals surface area contributed by atoms with Gasteiger partial charge in [0.05, 0.1) is 0 Å². The minimum absolute atomic E-state index is 0. The molecular formula is C17H21ClN4O2. The SMILES string of the molecule is Cc1cc(Oc2ncccn2)ccc1NC(=O)CC1CCCN1.Cl. The predicted octanol–water partition coefficient (Wildman–Crippen LogP) is 3.08. The van der Waals surface area contributed by atoms with Gasteiger partial charge in [0.25, 0.3) is 0 Å². The first kappa shape index (κ1) is 18.2. The Kier molecular flexibility index (Phi) is 6.52. The number of hydrogen-bond acceptors (Lipinski definition) is 5. The third kappa shape index (κ3) is 4.91. The van der Waals surface area contributed by atoms with Crippen LogP contribution in [0.2, 0.25) is 0 Å². The van der Waals surface area contributed by atoms with Gasteiger partial charge in [0, 0.05) is 30.5 Å². The van der Waals surface area contributed by atoms with Crippen LogP contribution >= 0.6 is 12.4 Å². The van der Waals surface area contributed by atoms with Gasteiger partial charge in [-0.05, 0) is 56.1 Å². The Hall–Kier alpha value is -2.18. The molecule has 1 saturated heterocycles. The number of rotatable bonds is 5. The molecule has 2 heterocycles. The van der Waals surface area contributed by atoms with Crippen LogP contribution in [0.25, 0.3) is 0 Å². The number of nitrogens with one attached hydrogen (secondary N) is 2. The number of amides is 1. The van der Waals surface area contributed by atoms with E-state index in [0.717, 1.165) is 30.6 Å². The summed E-state index contributed by atoms with van der Waals surface area (Å²) in [4.78, 5) is 20.1. The van der Waals surface area contributed by atoms with E-state index in [1.54, 1.807) is 24.5 Å². The van der Waals surface area contributed by atoms with E-state index in [1.165, 1.54) is 0 Å². The number of aromatic nitrogens is 2. The molecule has 1 atom stereocenters. The topological polar surface area (TPSA) is 76.1 Å². The zero-order valence-electron chi connectivity index (χ0n) is 13.5. The van der Waals surface area contributed by atoms with Crippen LogP contribution in [0.1, 0.15) is 24.8 Å². The molecule has 1 aromatic heterocycles. The zero-order valence-corrected chi connectivity index (χ0v) is 14.3. The van der Waals surface area contributed by atoms with Crippen LogP contribution in [-0.2, 0) is 4.79 Å². The molecule has 0 saturated carbocycles. The summed E-state index contributed by atoms with van der Waals surface area (Å²) in [5, 5.41) is 6.29. The highest BCUT2D eigenvalue weighted by atomic mass is 35.5. The first-order valence-electron chi connectivity index (χ1n) is 7.79. The monoisotopic (exact) mass is 348 g/mol. The lowest BCUT2D eigenvalue weighted by atomic mass is 10.1. The van der Waals surface area contributed by atoms with Crippen molar-refractivity contribution in [3.63, 3.8) is 0 Å². The second-order valence-electron chi connectivity index (χ2n) is 5.66. The molecule has 1 unspecified atom stereocenters. The van der Waals surface area contributed by atoms with Gasteiger partial charge in [-0.15, -0.1) is 12.4 Å². The van der Waals surface area contributed by atoms with Gasteiger partial charge < -0.3 is 15.4 Å². The number of halogens is 1. The minimum atomic E-state index is 0. The van der Waals surface area contributed by atoms with Gasteiger partial charge in [-0.3, -0.25) is 4.79 Å². The van der Waals surface area contributed by atoms with Crippen LogP contribution < -0.4 is 15.4 Å². The lowest BCUT2D eigenvalue weighted by Gasteiger charge is -2.13. The number of nitrogens with zero attached hydrogens (tertiary/aromatic N) is 2. The first-order chi connectivity index (χ1) is 11.2. The molecule has 0 bridgehead atoms. The number of carbonyl (C=O) groups is 1. The average Bonchev–Trinajstić information content (AvgIpc) is 3.04. The fraction of sp³-hybridized carbons (Fsp3) is 0.353. The van der Waals surface area contributed by atoms with Crippen LogP contribution in [0.4, 0.5) is 5.69 Å². The summed E-state index contributed by atoms with van der Waals surface area (Å²) < 4.78 is 5.58. The van der Waals surface area contributed by atoms with Crippen molar-refractivity contribution >= 4 is 24.0 Å². The van der Waals surface area contributed by atoms with Crippen molar-refractivity contribution in [3.8, 4) is 11.8 Å². The van der Waals surface area contributed by atoms with Crippen molar-refractivity contribution in [2.75, 3.05) is 11.9 Å². The van der Waals surface area contributed by atoms with Crippen molar-refractivity contribution in [2.24, 2.45) is 0 Å². The maximum absolute atomic E-state index is 12.1. The summed E-state index contributed by atoms with van der Waals surface area (Å²) in [6.45, 7) is 2.94. The van der Waals surface area contributed by atoms with Gasteiger partial charge in [0.2, 0.25) is 5.91 Å². The molecule has 2 aromatic rings. The van der Waals surface area contributed by atoms with E-state index < -0.39 is 0 Å². The first-order valence-corrected chi connectivity index (χ1v) is 7.79. The molecule has 0 aliphatic carbocycles. The molecular weight excluding hydrogens is 328 g/mol. The van der Waals surface area contributed by atoms with Gasteiger partial charge in [0.15, 0.2) is 0 Å². The fourth-order valence-electron chi connectivity index (χ4n) is 2.64. The number of benzene rings is 1. The fourth-order valence-corrected chi connectivity index (χ4v) is 2.64. The number of hydrogen-bond donors (Lipinski definition) is 2. The standard InChI is InChI=1S/C17H20N4O2.ClH/c1-12-10-14(23-17-19-8-3-9-20-17)5-6-15(12)21-16(22)11-13-4-2-7-18-13;/h3,5-6,8-10,13,18H,2,4,7,11H2,1H3,(H,21,22);1H. The van der Waals surface area contributed by atoms with E-state index in [2.05, 4.69) is 20.6 Å². The molecule has 0 radical (unpaired) electrons. The highest BCUT2D eigenvalue weighted by molar-refractivity contribution is 5.92. The van der Waals surface area contributed by atoms with Crippen molar-refractivity contribution in [1.29, 1.82) is 0 Å². The van der Waals surface area contributed by atoms with E-state index in [-0.39, 0.29) is 18.3 Å². The molecule has 1 aliphatic rings. The molecule has 7 heteroatoms. The summed E-state index contributed by atoms with van der Waals surface area (Å²) in [6.07, 6.45) is 5.97. The number of anilines is 1. The van der Waals surface area contributed by atoms with Gasteiger partial charge in [-0.25, -0.2) is 9.97 Å². The van der Waals surface area contributed by atoms with Crippen molar-refractivity contribution in [1.82, 2.24) is 15.3 Å². The molecule has 1 aromatic carbocycles. The van der Waals surface area contributed by atoms with E-state index in [9.17, 15) is 4.79 Å². The van der Waals surface area contributed by atoms with Crippen molar-refractivity contribution < 1.29 is 9.53 Å². The number of ether oxygens (including phenoxy) is 1. The summed E-state index contributed by atoms with van der Waals surface area (Å²) in [6, 6.07) is 7.83. The van der Waals surface area contributed by atoms with Crippen LogP contribution in [0.15, 0.2) is 36.7 Å². The summed E-state index contributed by atoms with van der Waals surface area (Å²) in [5.74, 6) is 0.678. The maximum Gasteiger partial charge on any atom is 0.321 e. The lowest BCUT2D eigenvalue weighted by Crippen LogP contribution is -2.27. The van der Waals surface area contributed by atoms with E-state index in [0.29, 0.717) is 24.2 Å². The van der Waals surface area contributed by atoms with E-state index in [1.807, 2.05) is 19.1 Å². The van der Waals surface area contributed by atoms with Crippen LogP contribution in [0.3, 0.4) is 0 Å². The highest BCUT2D eigenvalue weighted by Gasteiger charge is 2.18. The molecule has 1 amide bonds. The van der Waals surface area contributed by atoms with E-state index in [4.69, 9.17) is 4.74 Å². The third-order valence-electron chi connectivity index (χ3n) is 3.82. The van der Waals surface area contributed by atoms with Gasteiger partial charge >= 0.3 is 6.01 Å². The summed E-state index contributed by atoms with van der Waals surface area (Å²) in [5.41, 5.74) is 1.74. The summed E-state index contributed by atoms with van der Waals surface area (Å²) in [7, 11) is 0. The molecule has 1 aliphatic heterocycles. The van der Waals surface area contributed by atoms with Crippen molar-refractivity contribution in [3.05, 3.63) is 42.2 Å². The molecule has 3 rings (SSSR count). The van der Waals surface area contributed by atoms with Crippen molar-refractivity contribution in [2.45, 2.75) is 32.2 Å². The zero-order chi connectivity index (χ0) is 16.1. The Balaban J connectivity index is 0.00000208. The maximum atomic E-state index is 12.1. The Morgan fingerprint density at radius 2 is 2.17 bits per heavy atom. The van der Waals surface area contributed by atoms with E-state index >= 15 is 0 Å². The minimum Gasteiger partial charge on any atom is -0.424 e. The van der Waals surface area contributed by atoms with Gasteiger partial charge in [-0.1, -0.05) is 0 Å². The lowest BCUT2D eigenvalue weighted by molar-refractivity contribution is -0.116. The Morgan fingerprint density at radius 1 is 1.38 bits per heavy atom. The van der Waals surface area contributed by atoms with Crippen LogP contribution in [0.5, 0.6) is 11.8 Å². The van der Waals surface area contributed by atoms with Gasteiger partial charge in [0.1, 0.15) is 5.75 Å². The molecule has 2 N–H and O–H groups in total. The molecule has 1 fully saturated rings. The Bertz CT molecular complexity index is 676. The second kappa shape index (κ2) is 8.61. The normalized spacial score (nSPS) is 16.3. The van der Waals surface area contributed by atoms with Crippen LogP contribution in [0, 0.1) is 6.92 Å². The molecule has 0 spiro atoms. The van der Waals surface area contributed by atoms with Crippen LogP contribution in [-0.4, -0.2) is 28.5 Å². The Labute approximate surface area is 147 Å². The Morgan fingerprint density at radius 3 is 2.83 bits per heavy atom. The molecule has 6 nitrogen and oxygen atoms in total. The third-order valence-corrected chi connectivity index (χ3v) is 3.82. The molecule has 24 heavy (non-hydrogen) atoms. The second-order valence-corrected chi connectivity index (χ2v) is 5.66. The molecule has 128 valence electrons. The predicted molar refractivity (Wildman–Crippen MR) is 94.8 cm³/mol. The quantitative estimate of drug-likeness (QED) is 0.868. The summed E-state index contributed by atoms with van der Waals surface area (Å²) >= 11 is 0. The largest absolute Gasteiger partial charge is 0.424 e.